The van der Waals surface area contributed by atoms with Gasteiger partial charge in [0.15, 0.2) is 9.84 Å². The summed E-state index contributed by atoms with van der Waals surface area (Å²) in [7, 11) is -7.23. The third-order valence-electron chi connectivity index (χ3n) is 4.74. The molecular formula is C20H23ClN2O5S2. The zero-order chi connectivity index (χ0) is 21.8. The second-order valence-electron chi connectivity index (χ2n) is 7.20. The molecule has 1 aliphatic heterocycles. The maximum Gasteiger partial charge on any atom is 0.243 e. The fraction of sp³-hybridized carbons (Fsp3) is 0.350. The van der Waals surface area contributed by atoms with E-state index in [4.69, 9.17) is 11.6 Å². The molecule has 0 unspecified atom stereocenters. The Kier molecular flexibility index (Phi) is 7.18. The Bertz CT molecular complexity index is 1090. The molecule has 7 nitrogen and oxygen atoms in total. The van der Waals surface area contributed by atoms with Gasteiger partial charge in [0.25, 0.3) is 0 Å². The zero-order valence-electron chi connectivity index (χ0n) is 16.3. The van der Waals surface area contributed by atoms with Crippen molar-refractivity contribution in [1.29, 1.82) is 0 Å². The van der Waals surface area contributed by atoms with Gasteiger partial charge in [-0.1, -0.05) is 30.2 Å². The van der Waals surface area contributed by atoms with Crippen LogP contribution in [0.2, 0.25) is 5.02 Å². The topological polar surface area (TPSA) is 101 Å². The lowest BCUT2D eigenvalue weighted by atomic mass is 10.2. The SMILES string of the molecule is O=C(CS(=O)(=O)Cc1ccc(Cl)cc1)Nc1ccc(S(=O)(=O)N2CCCCC2)cc1. The number of rotatable bonds is 7. The van der Waals surface area contributed by atoms with E-state index in [0.29, 0.717) is 29.4 Å². The van der Waals surface area contributed by atoms with Crippen LogP contribution in [0.1, 0.15) is 24.8 Å². The van der Waals surface area contributed by atoms with E-state index in [9.17, 15) is 21.6 Å². The van der Waals surface area contributed by atoms with Gasteiger partial charge in [0, 0.05) is 23.8 Å². The molecule has 0 aliphatic carbocycles. The van der Waals surface area contributed by atoms with Gasteiger partial charge in [-0.05, 0) is 54.8 Å². The number of hydrogen-bond donors (Lipinski definition) is 1. The third kappa shape index (κ3) is 6.04. The van der Waals surface area contributed by atoms with Gasteiger partial charge < -0.3 is 5.32 Å². The van der Waals surface area contributed by atoms with Gasteiger partial charge in [0.2, 0.25) is 15.9 Å². The summed E-state index contributed by atoms with van der Waals surface area (Å²) in [6.07, 6.45) is 2.72. The van der Waals surface area contributed by atoms with E-state index < -0.39 is 31.5 Å². The number of halogens is 1. The van der Waals surface area contributed by atoms with Crippen LogP contribution in [0, 0.1) is 0 Å². The summed E-state index contributed by atoms with van der Waals surface area (Å²) in [4.78, 5) is 12.3. The van der Waals surface area contributed by atoms with Crippen molar-refractivity contribution in [3.05, 3.63) is 59.1 Å². The Labute approximate surface area is 182 Å². The smallest absolute Gasteiger partial charge is 0.243 e. The minimum absolute atomic E-state index is 0.151. The second kappa shape index (κ2) is 9.47. The number of carbonyl (C=O) groups excluding carboxylic acids is 1. The van der Waals surface area contributed by atoms with Crippen molar-refractivity contribution in [2.75, 3.05) is 24.2 Å². The maximum absolute atomic E-state index is 12.7. The van der Waals surface area contributed by atoms with Gasteiger partial charge in [0.1, 0.15) is 5.75 Å². The number of carbonyl (C=O) groups is 1. The van der Waals surface area contributed by atoms with E-state index in [0.717, 1.165) is 19.3 Å². The van der Waals surface area contributed by atoms with Crippen molar-refractivity contribution < 1.29 is 21.6 Å². The Hall–Kier alpha value is -1.94. The number of sulfonamides is 1. The normalized spacial score (nSPS) is 15.6. The summed E-state index contributed by atoms with van der Waals surface area (Å²) in [5, 5.41) is 3.00. The van der Waals surface area contributed by atoms with Gasteiger partial charge in [-0.15, -0.1) is 0 Å². The molecule has 0 spiro atoms. The maximum atomic E-state index is 12.7. The van der Waals surface area contributed by atoms with Crippen LogP contribution in [0.5, 0.6) is 0 Å². The van der Waals surface area contributed by atoms with E-state index in [1.54, 1.807) is 24.3 Å². The molecule has 3 rings (SSSR count). The van der Waals surface area contributed by atoms with E-state index in [1.165, 1.54) is 28.6 Å². The van der Waals surface area contributed by atoms with E-state index in [-0.39, 0.29) is 10.6 Å². The molecule has 0 radical (unpaired) electrons. The largest absolute Gasteiger partial charge is 0.325 e. The standard InChI is InChI=1S/C20H23ClN2O5S2/c21-17-6-4-16(5-7-17)14-29(25,26)15-20(24)22-18-8-10-19(11-9-18)30(27,28)23-12-2-1-3-13-23/h4-11H,1-3,12-15H2,(H,22,24). The van der Waals surface area contributed by atoms with Crippen molar-refractivity contribution in [3.8, 4) is 0 Å². The van der Waals surface area contributed by atoms with Crippen molar-refractivity contribution in [2.45, 2.75) is 29.9 Å². The number of nitrogens with zero attached hydrogens (tertiary/aromatic N) is 1. The number of sulfone groups is 1. The lowest BCUT2D eigenvalue weighted by Gasteiger charge is -2.25. The quantitative estimate of drug-likeness (QED) is 0.670. The first-order chi connectivity index (χ1) is 14.2. The molecule has 0 aromatic heterocycles. The highest BCUT2D eigenvalue weighted by Crippen LogP contribution is 2.22. The van der Waals surface area contributed by atoms with Gasteiger partial charge in [0.05, 0.1) is 10.6 Å². The Morgan fingerprint density at radius 3 is 2.10 bits per heavy atom. The van der Waals surface area contributed by atoms with Crippen LogP contribution < -0.4 is 5.32 Å². The first kappa shape index (κ1) is 22.7. The number of piperidine rings is 1. The van der Waals surface area contributed by atoms with Crippen LogP contribution in [0.25, 0.3) is 0 Å². The van der Waals surface area contributed by atoms with E-state index in [1.807, 2.05) is 0 Å². The number of anilines is 1. The molecule has 30 heavy (non-hydrogen) atoms. The van der Waals surface area contributed by atoms with Crippen LogP contribution in [0.15, 0.2) is 53.4 Å². The number of hydrogen-bond acceptors (Lipinski definition) is 5. The van der Waals surface area contributed by atoms with Crippen LogP contribution in [-0.4, -0.2) is 45.9 Å². The van der Waals surface area contributed by atoms with Gasteiger partial charge in [-0.25, -0.2) is 16.8 Å². The fourth-order valence-corrected chi connectivity index (χ4v) is 6.16. The molecule has 1 N–H and O–H groups in total. The lowest BCUT2D eigenvalue weighted by Crippen LogP contribution is -2.35. The van der Waals surface area contributed by atoms with Crippen LogP contribution >= 0.6 is 11.6 Å². The Morgan fingerprint density at radius 2 is 1.50 bits per heavy atom. The molecule has 1 aliphatic rings. The highest BCUT2D eigenvalue weighted by atomic mass is 35.5. The average molecular weight is 471 g/mol. The average Bonchev–Trinajstić information content (AvgIpc) is 2.70. The van der Waals surface area contributed by atoms with Crippen LogP contribution in [0.4, 0.5) is 5.69 Å². The predicted molar refractivity (Wildman–Crippen MR) is 117 cm³/mol. The van der Waals surface area contributed by atoms with E-state index in [2.05, 4.69) is 5.32 Å². The third-order valence-corrected chi connectivity index (χ3v) is 8.38. The molecule has 0 bridgehead atoms. The molecular weight excluding hydrogens is 448 g/mol. The summed E-state index contributed by atoms with van der Waals surface area (Å²) in [6, 6.07) is 12.1. The Morgan fingerprint density at radius 1 is 0.900 bits per heavy atom. The predicted octanol–water partition coefficient (Wildman–Crippen LogP) is 3.07. The van der Waals surface area contributed by atoms with Crippen molar-refractivity contribution >= 4 is 43.1 Å². The number of benzene rings is 2. The first-order valence-electron chi connectivity index (χ1n) is 9.51. The Balaban J connectivity index is 1.60. The summed E-state index contributed by atoms with van der Waals surface area (Å²) < 4.78 is 51.3. The van der Waals surface area contributed by atoms with Crippen LogP contribution in [-0.2, 0) is 30.4 Å². The second-order valence-corrected chi connectivity index (χ2v) is 11.6. The molecule has 162 valence electrons. The lowest BCUT2D eigenvalue weighted by molar-refractivity contribution is -0.113. The van der Waals surface area contributed by atoms with Crippen molar-refractivity contribution in [1.82, 2.24) is 4.31 Å². The molecule has 1 heterocycles. The molecule has 2 aromatic carbocycles. The number of amides is 1. The van der Waals surface area contributed by atoms with Gasteiger partial charge in [-0.3, -0.25) is 4.79 Å². The molecule has 1 amide bonds. The minimum Gasteiger partial charge on any atom is -0.325 e. The number of nitrogens with one attached hydrogen (secondary N) is 1. The first-order valence-corrected chi connectivity index (χ1v) is 13.1. The molecule has 0 atom stereocenters. The molecule has 0 saturated carbocycles. The molecule has 1 saturated heterocycles. The zero-order valence-corrected chi connectivity index (χ0v) is 18.6. The fourth-order valence-electron chi connectivity index (χ4n) is 3.25. The molecule has 10 heteroatoms. The monoisotopic (exact) mass is 470 g/mol. The van der Waals surface area contributed by atoms with Crippen LogP contribution in [0.3, 0.4) is 0 Å². The van der Waals surface area contributed by atoms with Crippen molar-refractivity contribution in [3.63, 3.8) is 0 Å². The van der Waals surface area contributed by atoms with Crippen molar-refractivity contribution in [2.24, 2.45) is 0 Å². The summed E-state index contributed by atoms with van der Waals surface area (Å²) in [6.45, 7) is 1.01. The highest BCUT2D eigenvalue weighted by molar-refractivity contribution is 7.91. The highest BCUT2D eigenvalue weighted by Gasteiger charge is 2.26. The minimum atomic E-state index is -3.67. The summed E-state index contributed by atoms with van der Waals surface area (Å²) >= 11 is 5.79. The van der Waals surface area contributed by atoms with E-state index >= 15 is 0 Å². The molecule has 1 fully saturated rings. The summed E-state index contributed by atoms with van der Waals surface area (Å²) in [5.74, 6) is -1.63. The molecule has 2 aromatic rings. The van der Waals surface area contributed by atoms with Gasteiger partial charge >= 0.3 is 0 Å². The summed E-state index contributed by atoms with van der Waals surface area (Å²) in [5.41, 5.74) is 0.874. The van der Waals surface area contributed by atoms with Gasteiger partial charge in [-0.2, -0.15) is 4.31 Å².